The highest BCUT2D eigenvalue weighted by Gasteiger charge is 2.28. The van der Waals surface area contributed by atoms with Crippen molar-refractivity contribution in [2.45, 2.75) is 25.8 Å². The van der Waals surface area contributed by atoms with Crippen LogP contribution >= 0.6 is 0 Å². The standard InChI is InChI=1S/C15H19FN2O3/c1-10(11-4-6-13(16)7-5-11)17-15(21)18-8-2-3-12(9-18)14(19)20/h4-7,10,12H,2-3,8-9H2,1H3,(H,17,21)(H,19,20). The number of halogens is 1. The largest absolute Gasteiger partial charge is 0.481 e. The van der Waals surface area contributed by atoms with Gasteiger partial charge in [0.2, 0.25) is 0 Å². The van der Waals surface area contributed by atoms with Crippen molar-refractivity contribution >= 4 is 12.0 Å². The van der Waals surface area contributed by atoms with Crippen LogP contribution in [0.15, 0.2) is 24.3 Å². The van der Waals surface area contributed by atoms with Crippen molar-refractivity contribution in [3.63, 3.8) is 0 Å². The van der Waals surface area contributed by atoms with Gasteiger partial charge in [-0.2, -0.15) is 0 Å². The minimum Gasteiger partial charge on any atom is -0.481 e. The minimum atomic E-state index is -0.862. The Balaban J connectivity index is 1.94. The van der Waals surface area contributed by atoms with Crippen LogP contribution in [0.25, 0.3) is 0 Å². The number of likely N-dealkylation sites (tertiary alicyclic amines) is 1. The van der Waals surface area contributed by atoms with E-state index < -0.39 is 11.9 Å². The second-order valence-corrected chi connectivity index (χ2v) is 5.35. The number of carboxylic acids is 1. The lowest BCUT2D eigenvalue weighted by atomic mass is 9.98. The molecule has 2 N–H and O–H groups in total. The Labute approximate surface area is 122 Å². The van der Waals surface area contributed by atoms with Crippen molar-refractivity contribution in [1.82, 2.24) is 10.2 Å². The van der Waals surface area contributed by atoms with E-state index in [9.17, 15) is 14.0 Å². The first-order valence-electron chi connectivity index (χ1n) is 7.01. The molecule has 1 aromatic carbocycles. The molecule has 0 spiro atoms. The average molecular weight is 294 g/mol. The number of nitrogens with one attached hydrogen (secondary N) is 1. The molecule has 1 aliphatic rings. The number of carboxylic acid groups (broad SMARTS) is 1. The number of carbonyl (C=O) groups is 2. The van der Waals surface area contributed by atoms with E-state index >= 15 is 0 Å². The van der Waals surface area contributed by atoms with Crippen LogP contribution in [0.1, 0.15) is 31.4 Å². The molecule has 21 heavy (non-hydrogen) atoms. The van der Waals surface area contributed by atoms with Gasteiger partial charge in [-0.25, -0.2) is 9.18 Å². The quantitative estimate of drug-likeness (QED) is 0.899. The van der Waals surface area contributed by atoms with E-state index in [1.807, 2.05) is 6.92 Å². The van der Waals surface area contributed by atoms with Crippen molar-refractivity contribution in [3.8, 4) is 0 Å². The Bertz CT molecular complexity index is 518. The molecule has 6 heteroatoms. The lowest BCUT2D eigenvalue weighted by Gasteiger charge is -2.31. The molecule has 0 radical (unpaired) electrons. The van der Waals surface area contributed by atoms with Crippen molar-refractivity contribution in [2.75, 3.05) is 13.1 Å². The first kappa shape index (κ1) is 15.3. The molecule has 0 saturated carbocycles. The number of carbonyl (C=O) groups excluding carboxylic acids is 1. The zero-order chi connectivity index (χ0) is 15.4. The van der Waals surface area contributed by atoms with Crippen LogP contribution in [0.5, 0.6) is 0 Å². The molecule has 5 nitrogen and oxygen atoms in total. The average Bonchev–Trinajstić information content (AvgIpc) is 2.48. The highest BCUT2D eigenvalue weighted by atomic mass is 19.1. The van der Waals surface area contributed by atoms with Crippen molar-refractivity contribution in [3.05, 3.63) is 35.6 Å². The minimum absolute atomic E-state index is 0.233. The fraction of sp³-hybridized carbons (Fsp3) is 0.467. The molecule has 2 amide bonds. The lowest BCUT2D eigenvalue weighted by molar-refractivity contribution is -0.143. The number of piperidine rings is 1. The summed E-state index contributed by atoms with van der Waals surface area (Å²) in [6.45, 7) is 2.60. The summed E-state index contributed by atoms with van der Waals surface area (Å²) in [7, 11) is 0. The van der Waals surface area contributed by atoms with Crippen LogP contribution < -0.4 is 5.32 Å². The van der Waals surface area contributed by atoms with Crippen LogP contribution in [-0.4, -0.2) is 35.1 Å². The second kappa shape index (κ2) is 6.56. The van der Waals surface area contributed by atoms with E-state index in [-0.39, 0.29) is 24.4 Å². The summed E-state index contributed by atoms with van der Waals surface area (Å²) in [6, 6.07) is 5.40. The van der Waals surface area contributed by atoms with Gasteiger partial charge >= 0.3 is 12.0 Å². The lowest BCUT2D eigenvalue weighted by Crippen LogP contribution is -2.47. The first-order valence-corrected chi connectivity index (χ1v) is 7.01. The summed E-state index contributed by atoms with van der Waals surface area (Å²) >= 11 is 0. The van der Waals surface area contributed by atoms with E-state index in [1.54, 1.807) is 12.1 Å². The number of amides is 2. The number of aliphatic carboxylic acids is 1. The Kier molecular flexibility index (Phi) is 4.77. The number of benzene rings is 1. The molecule has 1 saturated heterocycles. The van der Waals surface area contributed by atoms with E-state index in [0.717, 1.165) is 5.56 Å². The van der Waals surface area contributed by atoms with Gasteiger partial charge in [-0.3, -0.25) is 4.79 Å². The SMILES string of the molecule is CC(NC(=O)N1CCCC(C(=O)O)C1)c1ccc(F)cc1. The van der Waals surface area contributed by atoms with Crippen LogP contribution in [-0.2, 0) is 4.79 Å². The number of urea groups is 1. The van der Waals surface area contributed by atoms with Gasteiger partial charge in [0, 0.05) is 13.1 Å². The van der Waals surface area contributed by atoms with Gasteiger partial charge in [-0.15, -0.1) is 0 Å². The van der Waals surface area contributed by atoms with Crippen LogP contribution in [0, 0.1) is 11.7 Å². The maximum Gasteiger partial charge on any atom is 0.317 e. The monoisotopic (exact) mass is 294 g/mol. The molecule has 1 fully saturated rings. The smallest absolute Gasteiger partial charge is 0.317 e. The van der Waals surface area contributed by atoms with Crippen LogP contribution in [0.3, 0.4) is 0 Å². The summed E-state index contributed by atoms with van der Waals surface area (Å²) < 4.78 is 12.9. The number of hydrogen-bond donors (Lipinski definition) is 2. The number of rotatable bonds is 3. The second-order valence-electron chi connectivity index (χ2n) is 5.35. The third-order valence-electron chi connectivity index (χ3n) is 3.77. The maximum atomic E-state index is 12.9. The molecule has 0 aromatic heterocycles. The van der Waals surface area contributed by atoms with Gasteiger partial charge in [0.25, 0.3) is 0 Å². The Hall–Kier alpha value is -2.11. The third-order valence-corrected chi connectivity index (χ3v) is 3.77. The normalized spacial score (nSPS) is 19.9. The molecular weight excluding hydrogens is 275 g/mol. The van der Waals surface area contributed by atoms with E-state index in [2.05, 4.69) is 5.32 Å². The number of hydrogen-bond acceptors (Lipinski definition) is 2. The molecule has 1 aromatic rings. The molecular formula is C15H19FN2O3. The van der Waals surface area contributed by atoms with E-state index in [4.69, 9.17) is 5.11 Å². The molecule has 0 aliphatic carbocycles. The van der Waals surface area contributed by atoms with Crippen molar-refractivity contribution in [1.29, 1.82) is 0 Å². The Morgan fingerprint density at radius 1 is 1.38 bits per heavy atom. The summed E-state index contributed by atoms with van der Waals surface area (Å²) in [6.07, 6.45) is 1.29. The Morgan fingerprint density at radius 3 is 2.67 bits per heavy atom. The zero-order valence-electron chi connectivity index (χ0n) is 11.9. The van der Waals surface area contributed by atoms with Gasteiger partial charge in [0.1, 0.15) is 5.82 Å². The van der Waals surface area contributed by atoms with Crippen molar-refractivity contribution < 1.29 is 19.1 Å². The summed E-state index contributed by atoms with van der Waals surface area (Å²) in [5.41, 5.74) is 0.802. The predicted molar refractivity (Wildman–Crippen MR) is 75.3 cm³/mol. The summed E-state index contributed by atoms with van der Waals surface area (Å²) in [4.78, 5) is 24.7. The van der Waals surface area contributed by atoms with E-state index in [1.165, 1.54) is 17.0 Å². The van der Waals surface area contributed by atoms with Crippen LogP contribution in [0.4, 0.5) is 9.18 Å². The fourth-order valence-corrected chi connectivity index (χ4v) is 2.47. The van der Waals surface area contributed by atoms with Gasteiger partial charge in [0.15, 0.2) is 0 Å². The van der Waals surface area contributed by atoms with Crippen molar-refractivity contribution in [2.24, 2.45) is 5.92 Å². The van der Waals surface area contributed by atoms with Gasteiger partial charge in [-0.05, 0) is 37.5 Å². The highest BCUT2D eigenvalue weighted by molar-refractivity contribution is 5.76. The van der Waals surface area contributed by atoms with E-state index in [0.29, 0.717) is 19.4 Å². The van der Waals surface area contributed by atoms with Crippen LogP contribution in [0.2, 0.25) is 0 Å². The molecule has 2 rings (SSSR count). The molecule has 0 bridgehead atoms. The Morgan fingerprint density at radius 2 is 2.05 bits per heavy atom. The van der Waals surface area contributed by atoms with Gasteiger partial charge in [0.05, 0.1) is 12.0 Å². The summed E-state index contributed by atoms with van der Waals surface area (Å²) in [5, 5.41) is 11.8. The molecule has 1 aliphatic heterocycles. The number of nitrogens with zero attached hydrogens (tertiary/aromatic N) is 1. The topological polar surface area (TPSA) is 69.6 Å². The highest BCUT2D eigenvalue weighted by Crippen LogP contribution is 2.18. The van der Waals surface area contributed by atoms with Gasteiger partial charge in [-0.1, -0.05) is 12.1 Å². The molecule has 2 unspecified atom stereocenters. The third kappa shape index (κ3) is 3.93. The predicted octanol–water partition coefficient (Wildman–Crippen LogP) is 2.39. The van der Waals surface area contributed by atoms with Gasteiger partial charge < -0.3 is 15.3 Å². The molecule has 114 valence electrons. The summed E-state index contributed by atoms with van der Waals surface area (Å²) in [5.74, 6) is -1.68. The first-order chi connectivity index (χ1) is 9.97. The zero-order valence-corrected chi connectivity index (χ0v) is 11.9. The molecule has 2 atom stereocenters. The maximum absolute atomic E-state index is 12.9. The molecule has 1 heterocycles. The fourth-order valence-electron chi connectivity index (χ4n) is 2.47.